The number of rotatable bonds is 9. The SMILES string of the molecule is Cc1cc(OCC(=O)O)ccc1NC(=O)CNC(=O)CCC1CCCC1. The minimum Gasteiger partial charge on any atom is -0.482 e. The van der Waals surface area contributed by atoms with Crippen LogP contribution in [0.25, 0.3) is 0 Å². The summed E-state index contributed by atoms with van der Waals surface area (Å²) < 4.78 is 5.09. The van der Waals surface area contributed by atoms with Gasteiger partial charge in [0.25, 0.3) is 0 Å². The second-order valence-electron chi connectivity index (χ2n) is 6.67. The van der Waals surface area contributed by atoms with E-state index in [9.17, 15) is 14.4 Å². The van der Waals surface area contributed by atoms with Crippen LogP contribution in [-0.2, 0) is 14.4 Å². The Morgan fingerprint density at radius 2 is 1.92 bits per heavy atom. The molecule has 2 rings (SSSR count). The third-order valence-electron chi connectivity index (χ3n) is 4.53. The van der Waals surface area contributed by atoms with Gasteiger partial charge in [0.05, 0.1) is 6.54 Å². The Morgan fingerprint density at radius 1 is 1.19 bits per heavy atom. The summed E-state index contributed by atoms with van der Waals surface area (Å²) in [7, 11) is 0. The third kappa shape index (κ3) is 6.74. The molecule has 1 aromatic rings. The zero-order valence-electron chi connectivity index (χ0n) is 15.0. The van der Waals surface area contributed by atoms with E-state index in [-0.39, 0.29) is 18.4 Å². The number of hydrogen-bond donors (Lipinski definition) is 3. The van der Waals surface area contributed by atoms with Crippen molar-refractivity contribution in [1.82, 2.24) is 5.32 Å². The number of carboxylic acid groups (broad SMARTS) is 1. The lowest BCUT2D eigenvalue weighted by Gasteiger charge is -2.12. The number of aryl methyl sites for hydroxylation is 1. The van der Waals surface area contributed by atoms with Crippen LogP contribution in [0.1, 0.15) is 44.1 Å². The van der Waals surface area contributed by atoms with Gasteiger partial charge in [0, 0.05) is 12.1 Å². The van der Waals surface area contributed by atoms with E-state index >= 15 is 0 Å². The number of carboxylic acids is 1. The molecule has 0 radical (unpaired) electrons. The first-order valence-corrected chi connectivity index (χ1v) is 8.96. The Kier molecular flexibility index (Phi) is 7.44. The molecule has 26 heavy (non-hydrogen) atoms. The van der Waals surface area contributed by atoms with Crippen molar-refractivity contribution in [1.29, 1.82) is 0 Å². The Hall–Kier alpha value is -2.57. The fourth-order valence-electron chi connectivity index (χ4n) is 3.11. The van der Waals surface area contributed by atoms with Gasteiger partial charge in [-0.1, -0.05) is 25.7 Å². The molecule has 0 spiro atoms. The summed E-state index contributed by atoms with van der Waals surface area (Å²) in [6.45, 7) is 1.29. The van der Waals surface area contributed by atoms with Crippen LogP contribution < -0.4 is 15.4 Å². The number of nitrogens with one attached hydrogen (secondary N) is 2. The molecular weight excluding hydrogens is 336 g/mol. The lowest BCUT2D eigenvalue weighted by molar-refractivity contribution is -0.139. The first-order chi connectivity index (χ1) is 12.4. The molecule has 1 saturated carbocycles. The molecule has 0 aromatic heterocycles. The summed E-state index contributed by atoms with van der Waals surface area (Å²) in [4.78, 5) is 34.3. The van der Waals surface area contributed by atoms with E-state index in [4.69, 9.17) is 9.84 Å². The van der Waals surface area contributed by atoms with Crippen molar-refractivity contribution in [3.05, 3.63) is 23.8 Å². The van der Waals surface area contributed by atoms with Crippen LogP contribution in [0.2, 0.25) is 0 Å². The molecule has 7 heteroatoms. The molecule has 1 aliphatic rings. The molecule has 142 valence electrons. The molecule has 3 N–H and O–H groups in total. The number of benzene rings is 1. The van der Waals surface area contributed by atoms with Crippen molar-refractivity contribution in [3.63, 3.8) is 0 Å². The van der Waals surface area contributed by atoms with E-state index < -0.39 is 12.6 Å². The molecule has 1 aromatic carbocycles. The fraction of sp³-hybridized carbons (Fsp3) is 0.526. The van der Waals surface area contributed by atoms with E-state index in [0.717, 1.165) is 12.0 Å². The summed E-state index contributed by atoms with van der Waals surface area (Å²) in [6, 6.07) is 4.89. The van der Waals surface area contributed by atoms with Crippen molar-refractivity contribution < 1.29 is 24.2 Å². The van der Waals surface area contributed by atoms with Crippen LogP contribution in [0.5, 0.6) is 5.75 Å². The van der Waals surface area contributed by atoms with Gasteiger partial charge in [-0.3, -0.25) is 9.59 Å². The van der Waals surface area contributed by atoms with Gasteiger partial charge in [0.15, 0.2) is 6.61 Å². The lowest BCUT2D eigenvalue weighted by Crippen LogP contribution is -2.33. The number of ether oxygens (including phenoxy) is 1. The van der Waals surface area contributed by atoms with Gasteiger partial charge in [-0.05, 0) is 43.0 Å². The summed E-state index contributed by atoms with van der Waals surface area (Å²) in [5, 5.41) is 14.0. The summed E-state index contributed by atoms with van der Waals surface area (Å²) in [5.41, 5.74) is 1.34. The molecule has 0 unspecified atom stereocenters. The van der Waals surface area contributed by atoms with E-state index in [1.807, 2.05) is 0 Å². The molecule has 2 amide bonds. The van der Waals surface area contributed by atoms with Gasteiger partial charge in [-0.15, -0.1) is 0 Å². The smallest absolute Gasteiger partial charge is 0.341 e. The highest BCUT2D eigenvalue weighted by Crippen LogP contribution is 2.28. The average Bonchev–Trinajstić information content (AvgIpc) is 3.12. The third-order valence-corrected chi connectivity index (χ3v) is 4.53. The molecular formula is C19H26N2O5. The molecule has 0 bridgehead atoms. The van der Waals surface area contributed by atoms with Crippen molar-refractivity contribution in [3.8, 4) is 5.75 Å². The first-order valence-electron chi connectivity index (χ1n) is 8.96. The second-order valence-corrected chi connectivity index (χ2v) is 6.67. The summed E-state index contributed by atoms with van der Waals surface area (Å²) in [6.07, 6.45) is 6.29. The molecule has 7 nitrogen and oxygen atoms in total. The summed E-state index contributed by atoms with van der Waals surface area (Å²) in [5.74, 6) is -0.381. The normalized spacial score (nSPS) is 14.0. The van der Waals surface area contributed by atoms with Crippen molar-refractivity contribution in [2.75, 3.05) is 18.5 Å². The van der Waals surface area contributed by atoms with Gasteiger partial charge in [0.2, 0.25) is 11.8 Å². The van der Waals surface area contributed by atoms with E-state index in [2.05, 4.69) is 10.6 Å². The second kappa shape index (κ2) is 9.79. The van der Waals surface area contributed by atoms with Crippen molar-refractivity contribution in [2.24, 2.45) is 5.92 Å². The lowest BCUT2D eigenvalue weighted by atomic mass is 10.0. The van der Waals surface area contributed by atoms with Crippen molar-refractivity contribution >= 4 is 23.5 Å². The first kappa shape index (κ1) is 19.8. The zero-order chi connectivity index (χ0) is 18.9. The topological polar surface area (TPSA) is 105 Å². The van der Waals surface area contributed by atoms with Crippen LogP contribution in [-0.4, -0.2) is 36.0 Å². The van der Waals surface area contributed by atoms with Crippen LogP contribution >= 0.6 is 0 Å². The maximum absolute atomic E-state index is 12.0. The van der Waals surface area contributed by atoms with Crippen LogP contribution in [0.4, 0.5) is 5.69 Å². The number of anilines is 1. The molecule has 1 aliphatic carbocycles. The van der Waals surface area contributed by atoms with E-state index in [1.54, 1.807) is 25.1 Å². The average molecular weight is 362 g/mol. The zero-order valence-corrected chi connectivity index (χ0v) is 15.0. The number of carbonyl (C=O) groups is 3. The highest BCUT2D eigenvalue weighted by Gasteiger charge is 2.16. The number of hydrogen-bond acceptors (Lipinski definition) is 4. The Labute approximate surface area is 153 Å². The largest absolute Gasteiger partial charge is 0.482 e. The highest BCUT2D eigenvalue weighted by atomic mass is 16.5. The van der Waals surface area contributed by atoms with Crippen LogP contribution in [0, 0.1) is 12.8 Å². The maximum atomic E-state index is 12.0. The standard InChI is InChI=1S/C19H26N2O5/c1-13-10-15(26-12-19(24)25)7-8-16(13)21-18(23)11-20-17(22)9-6-14-4-2-3-5-14/h7-8,10,14H,2-6,9,11-12H2,1H3,(H,20,22)(H,21,23)(H,24,25). The van der Waals surface area contributed by atoms with Crippen LogP contribution in [0.3, 0.4) is 0 Å². The number of aliphatic carboxylic acids is 1. The molecule has 0 heterocycles. The van der Waals surface area contributed by atoms with Gasteiger partial charge >= 0.3 is 5.97 Å². The Balaban J connectivity index is 1.72. The van der Waals surface area contributed by atoms with Crippen molar-refractivity contribution in [2.45, 2.75) is 45.4 Å². The monoisotopic (exact) mass is 362 g/mol. The molecule has 1 fully saturated rings. The maximum Gasteiger partial charge on any atom is 0.341 e. The number of amides is 2. The van der Waals surface area contributed by atoms with Gasteiger partial charge in [-0.2, -0.15) is 0 Å². The van der Waals surface area contributed by atoms with Gasteiger partial charge in [-0.25, -0.2) is 4.79 Å². The molecule has 0 aliphatic heterocycles. The minimum atomic E-state index is -1.05. The van der Waals surface area contributed by atoms with E-state index in [1.165, 1.54) is 25.7 Å². The predicted octanol–water partition coefficient (Wildman–Crippen LogP) is 2.48. The summed E-state index contributed by atoms with van der Waals surface area (Å²) >= 11 is 0. The molecule has 0 saturated heterocycles. The van der Waals surface area contributed by atoms with E-state index in [0.29, 0.717) is 23.8 Å². The highest BCUT2D eigenvalue weighted by molar-refractivity contribution is 5.95. The Morgan fingerprint density at radius 3 is 2.58 bits per heavy atom. The van der Waals surface area contributed by atoms with Gasteiger partial charge < -0.3 is 20.5 Å². The predicted molar refractivity (Wildman–Crippen MR) is 97.1 cm³/mol. The Bertz CT molecular complexity index is 653. The quantitative estimate of drug-likeness (QED) is 0.626. The van der Waals surface area contributed by atoms with Crippen LogP contribution in [0.15, 0.2) is 18.2 Å². The fourth-order valence-corrected chi connectivity index (χ4v) is 3.11. The molecule has 0 atom stereocenters. The minimum absolute atomic E-state index is 0.0692. The van der Waals surface area contributed by atoms with Gasteiger partial charge in [0.1, 0.15) is 5.75 Å². The number of carbonyl (C=O) groups excluding carboxylic acids is 2.